The van der Waals surface area contributed by atoms with Crippen LogP contribution in [0, 0.1) is 5.41 Å². The molecule has 198 valence electrons. The number of Topliss-reactive ketones (excluding diaryl/α,β-unsaturated/α-hetero) is 1. The lowest BCUT2D eigenvalue weighted by Gasteiger charge is -2.38. The number of fused-ring (bicyclic) bond motifs is 1. The number of carbonyl (C=O) groups excluding carboxylic acids is 1. The molecule has 3 heterocycles. The molecule has 1 aliphatic heterocycles. The minimum absolute atomic E-state index is 0.116. The molecule has 0 spiro atoms. The number of rotatable bonds is 7. The number of ether oxygens (including phenoxy) is 2. The molecule has 39 heavy (non-hydrogen) atoms. The SMILES string of the molecule is CCOc1cc(C2C3=C(CC(C)(C)CC3=O)Nc3nc(-c4cccnc4)nn32)ccc1OCc1ccccc1. The van der Waals surface area contributed by atoms with E-state index in [1.54, 1.807) is 12.4 Å². The van der Waals surface area contributed by atoms with Crippen molar-refractivity contribution in [1.29, 1.82) is 0 Å². The predicted molar refractivity (Wildman–Crippen MR) is 148 cm³/mol. The van der Waals surface area contributed by atoms with Crippen LogP contribution in [0.3, 0.4) is 0 Å². The van der Waals surface area contributed by atoms with Gasteiger partial charge in [0.1, 0.15) is 12.6 Å². The summed E-state index contributed by atoms with van der Waals surface area (Å²) >= 11 is 0. The van der Waals surface area contributed by atoms with E-state index in [1.165, 1.54) is 0 Å². The van der Waals surface area contributed by atoms with Crippen LogP contribution in [0.5, 0.6) is 11.5 Å². The number of nitrogens with zero attached hydrogens (tertiary/aromatic N) is 4. The van der Waals surface area contributed by atoms with Gasteiger partial charge in [-0.1, -0.05) is 50.2 Å². The highest BCUT2D eigenvalue weighted by Gasteiger charge is 2.42. The highest BCUT2D eigenvalue weighted by atomic mass is 16.5. The number of hydrogen-bond acceptors (Lipinski definition) is 7. The van der Waals surface area contributed by atoms with Gasteiger partial charge in [0.15, 0.2) is 23.1 Å². The Hall–Kier alpha value is -4.46. The van der Waals surface area contributed by atoms with E-state index in [1.807, 2.05) is 72.3 Å². The number of allylic oxidation sites excluding steroid dienone is 2. The van der Waals surface area contributed by atoms with Gasteiger partial charge in [-0.2, -0.15) is 4.98 Å². The van der Waals surface area contributed by atoms with E-state index in [0.717, 1.165) is 34.4 Å². The standard InChI is InChI=1S/C31H31N5O3/c1-4-38-26-15-21(12-13-25(26)39-19-20-9-6-5-7-10-20)28-27-23(16-31(2,3)17-24(27)37)33-30-34-29(35-36(28)30)22-11-8-14-32-18-22/h5-15,18,28H,4,16-17,19H2,1-3H3,(H,33,34,35). The molecule has 2 aromatic carbocycles. The Labute approximate surface area is 227 Å². The van der Waals surface area contributed by atoms with E-state index in [4.69, 9.17) is 19.6 Å². The van der Waals surface area contributed by atoms with Crippen LogP contribution < -0.4 is 14.8 Å². The van der Waals surface area contributed by atoms with Crippen LogP contribution in [0.4, 0.5) is 5.95 Å². The first-order valence-corrected chi connectivity index (χ1v) is 13.3. The third-order valence-corrected chi connectivity index (χ3v) is 7.07. The van der Waals surface area contributed by atoms with Crippen LogP contribution in [-0.2, 0) is 11.4 Å². The Morgan fingerprint density at radius 3 is 2.64 bits per heavy atom. The summed E-state index contributed by atoms with van der Waals surface area (Å²) < 4.78 is 14.0. The molecular formula is C31H31N5O3. The summed E-state index contributed by atoms with van der Waals surface area (Å²) in [6, 6.07) is 19.2. The summed E-state index contributed by atoms with van der Waals surface area (Å²) in [6.07, 6.45) is 4.68. The predicted octanol–water partition coefficient (Wildman–Crippen LogP) is 5.98. The number of pyridine rings is 1. The number of benzene rings is 2. The van der Waals surface area contributed by atoms with Crippen LogP contribution in [0.25, 0.3) is 11.4 Å². The molecule has 8 nitrogen and oxygen atoms in total. The molecule has 0 bridgehead atoms. The van der Waals surface area contributed by atoms with E-state index in [0.29, 0.717) is 42.9 Å². The zero-order valence-electron chi connectivity index (χ0n) is 22.3. The summed E-state index contributed by atoms with van der Waals surface area (Å²) in [6.45, 7) is 7.10. The minimum atomic E-state index is -0.444. The van der Waals surface area contributed by atoms with Crippen molar-refractivity contribution in [2.45, 2.75) is 46.3 Å². The second kappa shape index (κ2) is 10.0. The zero-order chi connectivity index (χ0) is 27.0. The third kappa shape index (κ3) is 4.90. The van der Waals surface area contributed by atoms with Crippen molar-refractivity contribution in [2.24, 2.45) is 5.41 Å². The van der Waals surface area contributed by atoms with E-state index in [-0.39, 0.29) is 11.2 Å². The largest absolute Gasteiger partial charge is 0.490 e. The van der Waals surface area contributed by atoms with Gasteiger partial charge >= 0.3 is 0 Å². The zero-order valence-corrected chi connectivity index (χ0v) is 22.3. The van der Waals surface area contributed by atoms with E-state index < -0.39 is 6.04 Å². The monoisotopic (exact) mass is 521 g/mol. The summed E-state index contributed by atoms with van der Waals surface area (Å²) in [5, 5.41) is 8.30. The Morgan fingerprint density at radius 1 is 1.03 bits per heavy atom. The molecule has 1 atom stereocenters. The molecule has 0 radical (unpaired) electrons. The molecule has 1 unspecified atom stereocenters. The summed E-state index contributed by atoms with van der Waals surface area (Å²) in [4.78, 5) is 22.6. The van der Waals surface area contributed by atoms with Crippen molar-refractivity contribution in [3.63, 3.8) is 0 Å². The fraction of sp³-hybridized carbons (Fsp3) is 0.290. The Bertz CT molecular complexity index is 1540. The first-order valence-electron chi connectivity index (χ1n) is 13.3. The summed E-state index contributed by atoms with van der Waals surface area (Å²) in [5.74, 6) is 2.55. The van der Waals surface area contributed by atoms with Crippen LogP contribution in [0.2, 0.25) is 0 Å². The first kappa shape index (κ1) is 24.9. The average Bonchev–Trinajstić information content (AvgIpc) is 3.35. The molecule has 0 amide bonds. The van der Waals surface area contributed by atoms with Crippen molar-refractivity contribution in [3.8, 4) is 22.9 Å². The molecule has 6 rings (SSSR count). The second-order valence-corrected chi connectivity index (χ2v) is 10.7. The van der Waals surface area contributed by atoms with Gasteiger partial charge in [0, 0.05) is 35.6 Å². The number of aromatic nitrogens is 4. The summed E-state index contributed by atoms with van der Waals surface area (Å²) in [7, 11) is 0. The molecule has 2 aliphatic rings. The molecule has 1 aliphatic carbocycles. The van der Waals surface area contributed by atoms with Crippen LogP contribution in [0.15, 0.2) is 84.3 Å². The topological polar surface area (TPSA) is 91.2 Å². The molecule has 1 N–H and O–H groups in total. The lowest BCUT2D eigenvalue weighted by atomic mass is 9.73. The Kier molecular flexibility index (Phi) is 6.38. The molecule has 8 heteroatoms. The normalized spacial score (nSPS) is 17.7. The van der Waals surface area contributed by atoms with Crippen LogP contribution in [0.1, 0.15) is 50.8 Å². The van der Waals surface area contributed by atoms with Gasteiger partial charge in [0.25, 0.3) is 0 Å². The van der Waals surface area contributed by atoms with Crippen molar-refractivity contribution >= 4 is 11.7 Å². The number of carbonyl (C=O) groups is 1. The quantitative estimate of drug-likeness (QED) is 0.320. The van der Waals surface area contributed by atoms with Gasteiger partial charge in [-0.3, -0.25) is 9.78 Å². The van der Waals surface area contributed by atoms with Gasteiger partial charge < -0.3 is 14.8 Å². The highest BCUT2D eigenvalue weighted by molar-refractivity contribution is 6.00. The number of hydrogen-bond donors (Lipinski definition) is 1. The molecule has 0 saturated carbocycles. The lowest BCUT2D eigenvalue weighted by Crippen LogP contribution is -2.36. The van der Waals surface area contributed by atoms with Gasteiger partial charge in [-0.05, 0) is 54.2 Å². The smallest absolute Gasteiger partial charge is 0.226 e. The fourth-order valence-electron chi connectivity index (χ4n) is 5.35. The maximum Gasteiger partial charge on any atom is 0.226 e. The van der Waals surface area contributed by atoms with Crippen LogP contribution >= 0.6 is 0 Å². The van der Waals surface area contributed by atoms with Crippen molar-refractivity contribution in [3.05, 3.63) is 95.5 Å². The van der Waals surface area contributed by atoms with Crippen molar-refractivity contribution in [2.75, 3.05) is 11.9 Å². The van der Waals surface area contributed by atoms with Gasteiger partial charge in [-0.25, -0.2) is 4.68 Å². The average molecular weight is 522 g/mol. The minimum Gasteiger partial charge on any atom is -0.490 e. The number of anilines is 1. The maximum atomic E-state index is 13.6. The third-order valence-electron chi connectivity index (χ3n) is 7.07. The Balaban J connectivity index is 1.43. The first-order chi connectivity index (χ1) is 18.9. The molecule has 2 aromatic heterocycles. The molecule has 0 fully saturated rings. The van der Waals surface area contributed by atoms with Gasteiger partial charge in [-0.15, -0.1) is 5.10 Å². The van der Waals surface area contributed by atoms with Crippen LogP contribution in [-0.4, -0.2) is 32.1 Å². The molecular weight excluding hydrogens is 490 g/mol. The number of ketones is 1. The fourth-order valence-corrected chi connectivity index (χ4v) is 5.35. The second-order valence-electron chi connectivity index (χ2n) is 10.7. The number of nitrogens with one attached hydrogen (secondary N) is 1. The molecule has 4 aromatic rings. The lowest BCUT2D eigenvalue weighted by molar-refractivity contribution is -0.118. The highest BCUT2D eigenvalue weighted by Crippen LogP contribution is 2.46. The van der Waals surface area contributed by atoms with E-state index >= 15 is 0 Å². The van der Waals surface area contributed by atoms with E-state index in [2.05, 4.69) is 24.1 Å². The van der Waals surface area contributed by atoms with E-state index in [9.17, 15) is 4.79 Å². The van der Waals surface area contributed by atoms with Gasteiger partial charge in [0.05, 0.1) is 6.61 Å². The van der Waals surface area contributed by atoms with Gasteiger partial charge in [0.2, 0.25) is 5.95 Å². The van der Waals surface area contributed by atoms with Crippen molar-refractivity contribution in [1.82, 2.24) is 19.7 Å². The maximum absolute atomic E-state index is 13.6. The summed E-state index contributed by atoms with van der Waals surface area (Å²) in [5.41, 5.74) is 4.25. The Morgan fingerprint density at radius 2 is 1.87 bits per heavy atom. The van der Waals surface area contributed by atoms with Crippen molar-refractivity contribution < 1.29 is 14.3 Å². The molecule has 0 saturated heterocycles.